The van der Waals surface area contributed by atoms with Crippen LogP contribution in [0.3, 0.4) is 0 Å². The molecule has 3 rings (SSSR count). The summed E-state index contributed by atoms with van der Waals surface area (Å²) < 4.78 is 10.8. The van der Waals surface area contributed by atoms with Gasteiger partial charge in [0.1, 0.15) is 5.75 Å². The molecular formula is C25H35IN4O3. The molecule has 2 aromatic rings. The summed E-state index contributed by atoms with van der Waals surface area (Å²) in [5, 5.41) is 9.61. The number of methoxy groups -OCH3 is 1. The van der Waals surface area contributed by atoms with Gasteiger partial charge in [-0.25, -0.2) is 4.99 Å². The molecule has 1 amide bonds. The number of hydrogen-bond donors (Lipinski definition) is 3. The lowest BCUT2D eigenvalue weighted by atomic mass is 10.1. The number of hydrogen-bond acceptors (Lipinski definition) is 4. The van der Waals surface area contributed by atoms with Crippen LogP contribution in [0.5, 0.6) is 5.75 Å². The third-order valence-corrected chi connectivity index (χ3v) is 5.33. The smallest absolute Gasteiger partial charge is 0.251 e. The van der Waals surface area contributed by atoms with E-state index in [-0.39, 0.29) is 36.0 Å². The van der Waals surface area contributed by atoms with Crippen molar-refractivity contribution in [1.29, 1.82) is 0 Å². The summed E-state index contributed by atoms with van der Waals surface area (Å²) in [6, 6.07) is 15.7. The third kappa shape index (κ3) is 9.21. The fraction of sp³-hybridized carbons (Fsp3) is 0.440. The van der Waals surface area contributed by atoms with Crippen molar-refractivity contribution in [2.24, 2.45) is 4.99 Å². The summed E-state index contributed by atoms with van der Waals surface area (Å²) in [6.07, 6.45) is 3.09. The normalized spacial score (nSPS) is 15.5. The highest BCUT2D eigenvalue weighted by atomic mass is 127. The molecule has 0 spiro atoms. The molecule has 0 bridgehead atoms. The zero-order chi connectivity index (χ0) is 22.6. The van der Waals surface area contributed by atoms with Crippen LogP contribution in [0.2, 0.25) is 0 Å². The molecule has 1 aliphatic rings. The van der Waals surface area contributed by atoms with Gasteiger partial charge in [0.15, 0.2) is 5.96 Å². The summed E-state index contributed by atoms with van der Waals surface area (Å²) in [5.41, 5.74) is 2.87. The predicted molar refractivity (Wildman–Crippen MR) is 143 cm³/mol. The van der Waals surface area contributed by atoms with Crippen LogP contribution in [-0.2, 0) is 17.7 Å². The monoisotopic (exact) mass is 566 g/mol. The van der Waals surface area contributed by atoms with E-state index in [1.165, 1.54) is 5.56 Å². The zero-order valence-corrected chi connectivity index (χ0v) is 21.8. The first kappa shape index (κ1) is 26.9. The number of aliphatic imine (C=N–C) groups is 1. The van der Waals surface area contributed by atoms with E-state index >= 15 is 0 Å². The van der Waals surface area contributed by atoms with Gasteiger partial charge in [-0.2, -0.15) is 0 Å². The van der Waals surface area contributed by atoms with Gasteiger partial charge in [-0.1, -0.05) is 24.3 Å². The molecule has 0 saturated carbocycles. The number of nitrogens with zero attached hydrogens (tertiary/aromatic N) is 1. The number of guanidine groups is 1. The largest absolute Gasteiger partial charge is 0.497 e. The van der Waals surface area contributed by atoms with Crippen molar-refractivity contribution in [3.63, 3.8) is 0 Å². The van der Waals surface area contributed by atoms with Gasteiger partial charge in [0.25, 0.3) is 5.91 Å². The molecule has 0 aliphatic carbocycles. The molecule has 3 N–H and O–H groups in total. The van der Waals surface area contributed by atoms with Crippen molar-refractivity contribution in [3.05, 3.63) is 65.2 Å². The highest BCUT2D eigenvalue weighted by Crippen LogP contribution is 2.12. The lowest BCUT2D eigenvalue weighted by Crippen LogP contribution is -2.38. The molecule has 1 heterocycles. The first-order valence-electron chi connectivity index (χ1n) is 11.3. The van der Waals surface area contributed by atoms with E-state index in [9.17, 15) is 4.79 Å². The molecule has 1 atom stereocenters. The fourth-order valence-electron chi connectivity index (χ4n) is 3.55. The Hall–Kier alpha value is -2.33. The predicted octanol–water partition coefficient (Wildman–Crippen LogP) is 3.52. The number of carbonyl (C=O) groups is 1. The minimum atomic E-state index is -0.0733. The van der Waals surface area contributed by atoms with E-state index in [0.29, 0.717) is 18.7 Å². The topological polar surface area (TPSA) is 84.0 Å². The molecule has 8 heteroatoms. The molecule has 180 valence electrons. The van der Waals surface area contributed by atoms with E-state index in [1.807, 2.05) is 43.3 Å². The van der Waals surface area contributed by atoms with Crippen molar-refractivity contribution >= 4 is 35.8 Å². The zero-order valence-electron chi connectivity index (χ0n) is 19.4. The third-order valence-electron chi connectivity index (χ3n) is 5.33. The quantitative estimate of drug-likeness (QED) is 0.233. The Labute approximate surface area is 213 Å². The standard InChI is InChI=1S/C25H34N4O3.HI/c1-3-26-25(27-14-13-19-9-11-22(31-2)12-10-19)29-17-20-6-4-7-21(16-20)24(30)28-18-23-8-5-15-32-23;/h4,6-7,9-12,16,23H,3,5,8,13-15,17-18H2,1-2H3,(H,28,30)(H2,26,27,29);1H. The van der Waals surface area contributed by atoms with Crippen molar-refractivity contribution in [2.45, 2.75) is 38.8 Å². The maximum Gasteiger partial charge on any atom is 0.251 e. The van der Waals surface area contributed by atoms with Crippen LogP contribution < -0.4 is 20.7 Å². The summed E-state index contributed by atoms with van der Waals surface area (Å²) in [6.45, 7) is 5.43. The summed E-state index contributed by atoms with van der Waals surface area (Å²) in [5.74, 6) is 1.55. The van der Waals surface area contributed by atoms with Crippen LogP contribution in [0.4, 0.5) is 0 Å². The highest BCUT2D eigenvalue weighted by Gasteiger charge is 2.16. The minimum absolute atomic E-state index is 0. The average Bonchev–Trinajstić information content (AvgIpc) is 3.35. The van der Waals surface area contributed by atoms with Crippen molar-refractivity contribution in [3.8, 4) is 5.75 Å². The van der Waals surface area contributed by atoms with Crippen LogP contribution >= 0.6 is 24.0 Å². The van der Waals surface area contributed by atoms with Crippen molar-refractivity contribution < 1.29 is 14.3 Å². The number of rotatable bonds is 10. The van der Waals surface area contributed by atoms with Crippen molar-refractivity contribution in [1.82, 2.24) is 16.0 Å². The van der Waals surface area contributed by atoms with Gasteiger partial charge >= 0.3 is 0 Å². The van der Waals surface area contributed by atoms with E-state index in [0.717, 1.165) is 56.2 Å². The van der Waals surface area contributed by atoms with Gasteiger partial charge in [0.2, 0.25) is 0 Å². The van der Waals surface area contributed by atoms with E-state index < -0.39 is 0 Å². The second-order valence-electron chi connectivity index (χ2n) is 7.77. The molecule has 1 saturated heterocycles. The Morgan fingerprint density at radius 1 is 1.12 bits per heavy atom. The van der Waals surface area contributed by atoms with Gasteiger partial charge in [0.05, 0.1) is 19.8 Å². The Kier molecular flexibility index (Phi) is 12.0. The molecule has 0 radical (unpaired) electrons. The Morgan fingerprint density at radius 2 is 1.94 bits per heavy atom. The molecule has 7 nitrogen and oxygen atoms in total. The number of carbonyl (C=O) groups excluding carboxylic acids is 1. The van der Waals surface area contributed by atoms with E-state index in [4.69, 9.17) is 9.47 Å². The maximum absolute atomic E-state index is 12.5. The Bertz CT molecular complexity index is 883. The first-order chi connectivity index (χ1) is 15.7. The Morgan fingerprint density at radius 3 is 2.64 bits per heavy atom. The molecular weight excluding hydrogens is 531 g/mol. The van der Waals surface area contributed by atoms with Crippen LogP contribution in [0.25, 0.3) is 0 Å². The van der Waals surface area contributed by atoms with Gasteiger partial charge in [-0.05, 0) is 61.6 Å². The van der Waals surface area contributed by atoms with Crippen LogP contribution in [0, 0.1) is 0 Å². The van der Waals surface area contributed by atoms with Crippen LogP contribution in [0.1, 0.15) is 41.3 Å². The van der Waals surface area contributed by atoms with Crippen LogP contribution in [0.15, 0.2) is 53.5 Å². The lowest BCUT2D eigenvalue weighted by Gasteiger charge is -2.12. The Balaban J connectivity index is 0.00000385. The van der Waals surface area contributed by atoms with Crippen LogP contribution in [-0.4, -0.2) is 51.3 Å². The second-order valence-corrected chi connectivity index (χ2v) is 7.77. The van der Waals surface area contributed by atoms with E-state index in [1.54, 1.807) is 7.11 Å². The lowest BCUT2D eigenvalue weighted by molar-refractivity contribution is 0.0857. The van der Waals surface area contributed by atoms with Gasteiger partial charge in [0, 0.05) is 31.8 Å². The summed E-state index contributed by atoms with van der Waals surface area (Å²) in [4.78, 5) is 17.2. The number of amides is 1. The molecule has 1 fully saturated rings. The van der Waals surface area contributed by atoms with E-state index in [2.05, 4.69) is 33.1 Å². The molecule has 2 aromatic carbocycles. The number of nitrogens with one attached hydrogen (secondary N) is 3. The average molecular weight is 566 g/mol. The maximum atomic E-state index is 12.5. The SMILES string of the molecule is CCNC(=NCc1cccc(C(=O)NCC2CCCO2)c1)NCCc1ccc(OC)cc1.I. The first-order valence-corrected chi connectivity index (χ1v) is 11.3. The number of halogens is 1. The molecule has 1 aliphatic heterocycles. The number of benzene rings is 2. The second kappa shape index (κ2) is 14.7. The molecule has 1 unspecified atom stereocenters. The molecule has 0 aromatic heterocycles. The summed E-state index contributed by atoms with van der Waals surface area (Å²) >= 11 is 0. The minimum Gasteiger partial charge on any atom is -0.497 e. The van der Waals surface area contributed by atoms with Crippen molar-refractivity contribution in [2.75, 3.05) is 33.4 Å². The summed E-state index contributed by atoms with van der Waals surface area (Å²) in [7, 11) is 1.67. The van der Waals surface area contributed by atoms with Gasteiger partial charge < -0.3 is 25.4 Å². The van der Waals surface area contributed by atoms with Gasteiger partial charge in [-0.15, -0.1) is 24.0 Å². The molecule has 33 heavy (non-hydrogen) atoms. The van der Waals surface area contributed by atoms with Gasteiger partial charge in [-0.3, -0.25) is 4.79 Å². The fourth-order valence-corrected chi connectivity index (χ4v) is 3.55. The highest BCUT2D eigenvalue weighted by molar-refractivity contribution is 14.0. The number of ether oxygens (including phenoxy) is 2.